The fourth-order valence-electron chi connectivity index (χ4n) is 1.22. The second-order valence-corrected chi connectivity index (χ2v) is 3.13. The molecule has 1 aliphatic heterocycles. The number of rotatable bonds is 3. The lowest BCUT2D eigenvalue weighted by Crippen LogP contribution is -2.34. The second-order valence-electron chi connectivity index (χ2n) is 3.13. The van der Waals surface area contributed by atoms with Crippen LogP contribution in [0.25, 0.3) is 0 Å². The maximum Gasteiger partial charge on any atom is 0.225 e. The summed E-state index contributed by atoms with van der Waals surface area (Å²) in [7, 11) is 0. The van der Waals surface area contributed by atoms with Gasteiger partial charge in [-0.25, -0.2) is 0 Å². The molecule has 0 aromatic heterocycles. The number of ether oxygens (including phenoxy) is 1. The molecule has 1 aliphatic rings. The summed E-state index contributed by atoms with van der Waals surface area (Å²) in [6.45, 7) is 6.57. The third kappa shape index (κ3) is 3.16. The molecule has 0 aliphatic carbocycles. The second kappa shape index (κ2) is 4.99. The third-order valence-corrected chi connectivity index (χ3v) is 2.02. The molecule has 0 bridgehead atoms. The van der Waals surface area contributed by atoms with Crippen LogP contribution >= 0.6 is 0 Å². The van der Waals surface area contributed by atoms with Crippen molar-refractivity contribution in [1.29, 1.82) is 0 Å². The van der Waals surface area contributed by atoms with E-state index in [1.54, 1.807) is 4.90 Å². The lowest BCUT2D eigenvalue weighted by Gasteiger charge is -2.20. The summed E-state index contributed by atoms with van der Waals surface area (Å²) < 4.78 is 5.19. The van der Waals surface area contributed by atoms with Crippen molar-refractivity contribution in [2.45, 2.75) is 6.42 Å². The highest BCUT2D eigenvalue weighted by Gasteiger charge is 2.16. The Bertz CT molecular complexity index is 204. The van der Waals surface area contributed by atoms with Crippen LogP contribution in [0.1, 0.15) is 6.42 Å². The van der Waals surface area contributed by atoms with E-state index in [1.165, 1.54) is 0 Å². The van der Waals surface area contributed by atoms with Crippen molar-refractivity contribution in [2.24, 2.45) is 5.73 Å². The summed E-state index contributed by atoms with van der Waals surface area (Å²) in [5, 5.41) is 0. The maximum atomic E-state index is 11.4. The Kier molecular flexibility index (Phi) is 3.92. The molecule has 1 saturated heterocycles. The minimum atomic E-state index is 0.132. The highest BCUT2D eigenvalue weighted by molar-refractivity contribution is 5.76. The van der Waals surface area contributed by atoms with E-state index >= 15 is 0 Å². The first-order chi connectivity index (χ1) is 6.24. The van der Waals surface area contributed by atoms with E-state index in [0.29, 0.717) is 39.3 Å². The van der Waals surface area contributed by atoms with E-state index in [-0.39, 0.29) is 5.91 Å². The zero-order valence-corrected chi connectivity index (χ0v) is 7.79. The smallest absolute Gasteiger partial charge is 0.225 e. The molecule has 13 heavy (non-hydrogen) atoms. The number of carbonyl (C=O) groups is 1. The van der Waals surface area contributed by atoms with Crippen LogP contribution in [0.2, 0.25) is 0 Å². The van der Waals surface area contributed by atoms with Crippen molar-refractivity contribution < 1.29 is 9.53 Å². The van der Waals surface area contributed by atoms with Crippen molar-refractivity contribution >= 4 is 5.91 Å². The van der Waals surface area contributed by atoms with E-state index in [0.717, 1.165) is 5.57 Å². The summed E-state index contributed by atoms with van der Waals surface area (Å²) >= 11 is 0. The Morgan fingerprint density at radius 2 is 2.38 bits per heavy atom. The van der Waals surface area contributed by atoms with Gasteiger partial charge < -0.3 is 15.4 Å². The predicted octanol–water partition coefficient (Wildman–Crippen LogP) is -0.250. The molecule has 0 saturated carbocycles. The zero-order valence-electron chi connectivity index (χ0n) is 7.79. The van der Waals surface area contributed by atoms with Crippen LogP contribution in [0.4, 0.5) is 0 Å². The van der Waals surface area contributed by atoms with E-state index in [1.807, 2.05) is 0 Å². The van der Waals surface area contributed by atoms with Crippen LogP contribution in [-0.4, -0.2) is 43.7 Å². The van der Waals surface area contributed by atoms with Gasteiger partial charge in [-0.2, -0.15) is 0 Å². The van der Waals surface area contributed by atoms with E-state index in [4.69, 9.17) is 10.5 Å². The van der Waals surface area contributed by atoms with Gasteiger partial charge in [0, 0.05) is 19.6 Å². The molecule has 1 amide bonds. The lowest BCUT2D eigenvalue weighted by molar-refractivity contribution is -0.130. The molecule has 2 N–H and O–H groups in total. The molecule has 0 unspecified atom stereocenters. The number of amides is 1. The van der Waals surface area contributed by atoms with Gasteiger partial charge in [-0.3, -0.25) is 4.79 Å². The number of nitrogens with two attached hydrogens (primary N) is 1. The molecule has 0 radical (unpaired) electrons. The van der Waals surface area contributed by atoms with Gasteiger partial charge in [-0.05, 0) is 5.57 Å². The molecule has 0 aromatic rings. The Balaban J connectivity index is 2.45. The summed E-state index contributed by atoms with van der Waals surface area (Å²) in [4.78, 5) is 13.2. The zero-order chi connectivity index (χ0) is 9.68. The Morgan fingerprint density at radius 3 is 3.08 bits per heavy atom. The van der Waals surface area contributed by atoms with Crippen molar-refractivity contribution in [3.8, 4) is 0 Å². The van der Waals surface area contributed by atoms with E-state index < -0.39 is 0 Å². The lowest BCUT2D eigenvalue weighted by atomic mass is 10.2. The number of hydrogen-bond acceptors (Lipinski definition) is 3. The van der Waals surface area contributed by atoms with Crippen LogP contribution < -0.4 is 5.73 Å². The first kappa shape index (κ1) is 10.2. The third-order valence-electron chi connectivity index (χ3n) is 2.02. The molecule has 1 fully saturated rings. The Labute approximate surface area is 78.3 Å². The highest BCUT2D eigenvalue weighted by Crippen LogP contribution is 2.03. The molecule has 74 valence electrons. The normalized spacial score (nSPS) is 18.5. The first-order valence-corrected chi connectivity index (χ1v) is 4.46. The predicted molar refractivity (Wildman–Crippen MR) is 50.2 cm³/mol. The van der Waals surface area contributed by atoms with Gasteiger partial charge in [-0.1, -0.05) is 6.58 Å². The Hall–Kier alpha value is -0.870. The minimum Gasteiger partial charge on any atom is -0.379 e. The summed E-state index contributed by atoms with van der Waals surface area (Å²) in [5.41, 5.74) is 6.29. The molecular weight excluding hydrogens is 168 g/mol. The van der Waals surface area contributed by atoms with E-state index in [2.05, 4.69) is 6.58 Å². The molecular formula is C9H16N2O2. The fraction of sp³-hybridized carbons (Fsp3) is 0.667. The van der Waals surface area contributed by atoms with Crippen molar-refractivity contribution in [3.05, 3.63) is 12.2 Å². The van der Waals surface area contributed by atoms with Gasteiger partial charge in [0.15, 0.2) is 0 Å². The number of nitrogens with zero attached hydrogens (tertiary/aromatic N) is 1. The first-order valence-electron chi connectivity index (χ1n) is 4.46. The van der Waals surface area contributed by atoms with Gasteiger partial charge in [-0.15, -0.1) is 0 Å². The quantitative estimate of drug-likeness (QED) is 0.615. The van der Waals surface area contributed by atoms with Crippen LogP contribution in [0.5, 0.6) is 0 Å². The average molecular weight is 184 g/mol. The topological polar surface area (TPSA) is 55.6 Å². The molecule has 1 heterocycles. The van der Waals surface area contributed by atoms with Crippen molar-refractivity contribution in [1.82, 2.24) is 4.90 Å². The van der Waals surface area contributed by atoms with Gasteiger partial charge in [0.1, 0.15) is 0 Å². The van der Waals surface area contributed by atoms with Crippen LogP contribution in [0.3, 0.4) is 0 Å². The number of carbonyl (C=O) groups excluding carboxylic acids is 1. The van der Waals surface area contributed by atoms with Gasteiger partial charge >= 0.3 is 0 Å². The van der Waals surface area contributed by atoms with E-state index in [9.17, 15) is 4.79 Å². The maximum absolute atomic E-state index is 11.4. The minimum absolute atomic E-state index is 0.132. The SMILES string of the molecule is C=C(CN)CN1CCOCCC1=O. The largest absolute Gasteiger partial charge is 0.379 e. The summed E-state index contributed by atoms with van der Waals surface area (Å²) in [6.07, 6.45) is 0.470. The molecule has 0 aromatic carbocycles. The van der Waals surface area contributed by atoms with Gasteiger partial charge in [0.2, 0.25) is 5.91 Å². The van der Waals surface area contributed by atoms with Crippen LogP contribution in [0.15, 0.2) is 12.2 Å². The van der Waals surface area contributed by atoms with Crippen LogP contribution in [0, 0.1) is 0 Å². The highest BCUT2D eigenvalue weighted by atomic mass is 16.5. The van der Waals surface area contributed by atoms with Gasteiger partial charge in [0.25, 0.3) is 0 Å². The van der Waals surface area contributed by atoms with Crippen molar-refractivity contribution in [3.63, 3.8) is 0 Å². The van der Waals surface area contributed by atoms with Crippen molar-refractivity contribution in [2.75, 3.05) is 32.8 Å². The van der Waals surface area contributed by atoms with Gasteiger partial charge in [0.05, 0.1) is 19.6 Å². The molecule has 0 atom stereocenters. The average Bonchev–Trinajstić information content (AvgIpc) is 2.32. The monoisotopic (exact) mass is 184 g/mol. The molecule has 4 heteroatoms. The summed E-state index contributed by atoms with van der Waals surface area (Å²) in [6, 6.07) is 0. The molecule has 1 rings (SSSR count). The number of hydrogen-bond donors (Lipinski definition) is 1. The van der Waals surface area contributed by atoms with Crippen LogP contribution in [-0.2, 0) is 9.53 Å². The molecule has 4 nitrogen and oxygen atoms in total. The standard InChI is InChI=1S/C9H16N2O2/c1-8(6-10)7-11-3-5-13-4-2-9(11)12/h1-7,10H2. The molecule has 0 spiro atoms. The fourth-order valence-corrected chi connectivity index (χ4v) is 1.22. The summed E-state index contributed by atoms with van der Waals surface area (Å²) in [5.74, 6) is 0.132. The Morgan fingerprint density at radius 1 is 1.62 bits per heavy atom.